The van der Waals surface area contributed by atoms with Crippen molar-refractivity contribution in [3.05, 3.63) is 88.3 Å². The second kappa shape index (κ2) is 8.59. The van der Waals surface area contributed by atoms with Gasteiger partial charge in [-0.05, 0) is 37.6 Å². The van der Waals surface area contributed by atoms with E-state index in [9.17, 15) is 9.59 Å². The second-order valence-corrected chi connectivity index (χ2v) is 8.01. The molecule has 1 atom stereocenters. The van der Waals surface area contributed by atoms with Crippen LogP contribution >= 0.6 is 11.8 Å². The Morgan fingerprint density at radius 1 is 1.13 bits per heavy atom. The zero-order valence-corrected chi connectivity index (χ0v) is 17.6. The Morgan fingerprint density at radius 3 is 2.50 bits per heavy atom. The molecule has 1 amide bonds. The molecule has 30 heavy (non-hydrogen) atoms. The van der Waals surface area contributed by atoms with Crippen LogP contribution in [0.2, 0.25) is 0 Å². The number of hydrogen-bond acceptors (Lipinski definition) is 4. The van der Waals surface area contributed by atoms with Gasteiger partial charge in [0.2, 0.25) is 5.91 Å². The van der Waals surface area contributed by atoms with Crippen molar-refractivity contribution in [1.29, 1.82) is 0 Å². The Labute approximate surface area is 178 Å². The van der Waals surface area contributed by atoms with Crippen molar-refractivity contribution in [2.45, 2.75) is 25.0 Å². The van der Waals surface area contributed by atoms with Crippen molar-refractivity contribution < 1.29 is 4.79 Å². The van der Waals surface area contributed by atoms with Crippen LogP contribution in [0.5, 0.6) is 0 Å². The molecule has 0 spiro atoms. The van der Waals surface area contributed by atoms with Gasteiger partial charge >= 0.3 is 0 Å². The molecule has 0 saturated heterocycles. The summed E-state index contributed by atoms with van der Waals surface area (Å²) in [6.45, 7) is 3.84. The third kappa shape index (κ3) is 4.16. The molecule has 152 valence electrons. The molecular formula is C23H22N4O2S. The monoisotopic (exact) mass is 418 g/mol. The van der Waals surface area contributed by atoms with E-state index in [1.54, 1.807) is 4.57 Å². The zero-order valence-electron chi connectivity index (χ0n) is 16.8. The molecule has 0 aliphatic rings. The minimum absolute atomic E-state index is 0.0987. The van der Waals surface area contributed by atoms with Gasteiger partial charge < -0.3 is 10.3 Å². The van der Waals surface area contributed by atoms with E-state index < -0.39 is 0 Å². The van der Waals surface area contributed by atoms with Crippen LogP contribution in [-0.4, -0.2) is 26.2 Å². The molecule has 0 radical (unpaired) electrons. The zero-order chi connectivity index (χ0) is 21.1. The first-order valence-electron chi connectivity index (χ1n) is 9.68. The minimum Gasteiger partial charge on any atom is -0.353 e. The topological polar surface area (TPSA) is 79.8 Å². The van der Waals surface area contributed by atoms with Crippen LogP contribution in [0.1, 0.15) is 24.2 Å². The number of amides is 1. The normalized spacial score (nSPS) is 12.1. The summed E-state index contributed by atoms with van der Waals surface area (Å²) in [6.07, 6.45) is 0. The van der Waals surface area contributed by atoms with Gasteiger partial charge in [0.1, 0.15) is 5.52 Å². The average Bonchev–Trinajstić information content (AvgIpc) is 3.14. The van der Waals surface area contributed by atoms with Gasteiger partial charge in [-0.3, -0.25) is 14.2 Å². The molecule has 4 aromatic rings. The molecule has 0 aliphatic carbocycles. The van der Waals surface area contributed by atoms with Crippen molar-refractivity contribution in [3.63, 3.8) is 0 Å². The highest BCUT2D eigenvalue weighted by molar-refractivity contribution is 7.99. The number of rotatable bonds is 6. The Morgan fingerprint density at radius 2 is 1.80 bits per heavy atom. The molecule has 7 heteroatoms. The molecule has 2 heterocycles. The number of nitrogens with one attached hydrogen (secondary N) is 2. The molecule has 2 aromatic heterocycles. The Hall–Kier alpha value is -3.32. The molecular weight excluding hydrogens is 396 g/mol. The van der Waals surface area contributed by atoms with Gasteiger partial charge in [0, 0.05) is 5.69 Å². The molecule has 0 saturated carbocycles. The van der Waals surface area contributed by atoms with E-state index in [0.717, 1.165) is 11.3 Å². The first-order chi connectivity index (χ1) is 14.5. The number of nitrogens with zero attached hydrogens (tertiary/aromatic N) is 2. The van der Waals surface area contributed by atoms with Crippen LogP contribution in [0.3, 0.4) is 0 Å². The molecule has 6 nitrogen and oxygen atoms in total. The molecule has 4 rings (SSSR count). The lowest BCUT2D eigenvalue weighted by Gasteiger charge is -2.15. The van der Waals surface area contributed by atoms with E-state index in [1.807, 2.05) is 80.6 Å². The highest BCUT2D eigenvalue weighted by Crippen LogP contribution is 2.22. The van der Waals surface area contributed by atoms with E-state index in [4.69, 9.17) is 0 Å². The predicted octanol–water partition coefficient (Wildman–Crippen LogP) is 3.99. The predicted molar refractivity (Wildman–Crippen MR) is 120 cm³/mol. The van der Waals surface area contributed by atoms with E-state index in [-0.39, 0.29) is 23.3 Å². The number of aromatic amines is 1. The maximum absolute atomic E-state index is 13.1. The number of carbonyl (C=O) groups is 1. The summed E-state index contributed by atoms with van der Waals surface area (Å²) in [4.78, 5) is 33.4. The lowest BCUT2D eigenvalue weighted by molar-refractivity contribution is -0.119. The molecule has 2 aromatic carbocycles. The van der Waals surface area contributed by atoms with Gasteiger partial charge in [0.15, 0.2) is 5.16 Å². The molecule has 0 aliphatic heterocycles. The third-order valence-corrected chi connectivity index (χ3v) is 5.72. The summed E-state index contributed by atoms with van der Waals surface area (Å²) >= 11 is 1.25. The molecule has 2 N–H and O–H groups in total. The minimum atomic E-state index is -0.181. The maximum atomic E-state index is 13.1. The number of thioether (sulfide) groups is 1. The van der Waals surface area contributed by atoms with Gasteiger partial charge in [0.05, 0.1) is 23.0 Å². The fourth-order valence-corrected chi connectivity index (χ4v) is 4.14. The van der Waals surface area contributed by atoms with E-state index in [0.29, 0.717) is 21.9 Å². The lowest BCUT2D eigenvalue weighted by Crippen LogP contribution is -2.29. The first kappa shape index (κ1) is 20.0. The second-order valence-electron chi connectivity index (χ2n) is 7.07. The van der Waals surface area contributed by atoms with Crippen LogP contribution in [-0.2, 0) is 4.79 Å². The highest BCUT2D eigenvalue weighted by Gasteiger charge is 2.17. The highest BCUT2D eigenvalue weighted by atomic mass is 32.2. The fraction of sp³-hybridized carbons (Fsp3) is 0.174. The maximum Gasteiger partial charge on any atom is 0.283 e. The summed E-state index contributed by atoms with van der Waals surface area (Å²) in [6, 6.07) is 20.9. The van der Waals surface area contributed by atoms with Crippen molar-refractivity contribution in [2.75, 3.05) is 5.75 Å². The van der Waals surface area contributed by atoms with Gasteiger partial charge in [-0.1, -0.05) is 60.3 Å². The quantitative estimate of drug-likeness (QED) is 0.367. The van der Waals surface area contributed by atoms with Crippen molar-refractivity contribution in [1.82, 2.24) is 19.9 Å². The molecule has 0 fully saturated rings. The molecule has 0 bridgehead atoms. The number of aryl methyl sites for hydroxylation is 1. The average molecular weight is 419 g/mol. The smallest absolute Gasteiger partial charge is 0.283 e. The van der Waals surface area contributed by atoms with Crippen molar-refractivity contribution >= 4 is 28.7 Å². The summed E-state index contributed by atoms with van der Waals surface area (Å²) in [7, 11) is 0. The van der Waals surface area contributed by atoms with Gasteiger partial charge in [-0.15, -0.1) is 0 Å². The van der Waals surface area contributed by atoms with Crippen molar-refractivity contribution in [2.24, 2.45) is 0 Å². The fourth-order valence-electron chi connectivity index (χ4n) is 3.32. The van der Waals surface area contributed by atoms with E-state index >= 15 is 0 Å². The Bertz CT molecular complexity index is 1230. The van der Waals surface area contributed by atoms with Gasteiger partial charge in [-0.25, -0.2) is 4.98 Å². The van der Waals surface area contributed by atoms with Crippen LogP contribution in [0, 0.1) is 6.92 Å². The van der Waals surface area contributed by atoms with Crippen LogP contribution in [0.4, 0.5) is 0 Å². The Balaban J connectivity index is 1.60. The summed E-state index contributed by atoms with van der Waals surface area (Å²) in [5, 5.41) is 3.49. The van der Waals surface area contributed by atoms with E-state index in [1.165, 1.54) is 11.8 Å². The number of para-hydroxylation sites is 1. The van der Waals surface area contributed by atoms with Crippen LogP contribution in [0.25, 0.3) is 16.7 Å². The summed E-state index contributed by atoms with van der Waals surface area (Å²) in [5.41, 5.74) is 3.50. The lowest BCUT2D eigenvalue weighted by atomic mass is 10.1. The summed E-state index contributed by atoms with van der Waals surface area (Å²) < 4.78 is 1.55. The number of benzene rings is 2. The van der Waals surface area contributed by atoms with E-state index in [2.05, 4.69) is 15.3 Å². The van der Waals surface area contributed by atoms with Crippen molar-refractivity contribution in [3.8, 4) is 5.69 Å². The number of aromatic nitrogens is 3. The molecule has 0 unspecified atom stereocenters. The van der Waals surface area contributed by atoms with Crippen LogP contribution < -0.4 is 10.9 Å². The Kier molecular flexibility index (Phi) is 5.72. The third-order valence-electron chi connectivity index (χ3n) is 4.78. The number of H-pyrrole nitrogens is 1. The number of carbonyl (C=O) groups excluding carboxylic acids is 1. The van der Waals surface area contributed by atoms with Crippen LogP contribution in [0.15, 0.2) is 76.7 Å². The SMILES string of the molecule is Cc1cc2nc(SCC(=O)N[C@H](C)c3ccccc3)n(-c3ccccc3)c(=O)c2[nH]1. The first-order valence-corrected chi connectivity index (χ1v) is 10.7. The van der Waals surface area contributed by atoms with Gasteiger partial charge in [-0.2, -0.15) is 0 Å². The standard InChI is InChI=1S/C23H22N4O2S/c1-15-13-19-21(24-15)22(29)27(18-11-7-4-8-12-18)23(26-19)30-14-20(28)25-16(2)17-9-5-3-6-10-17/h3-13,16,24H,14H2,1-2H3,(H,25,28)/t16-/m1/s1. The number of fused-ring (bicyclic) bond motifs is 1. The summed E-state index contributed by atoms with van der Waals surface area (Å²) in [5.74, 6) is 0.0429. The largest absolute Gasteiger partial charge is 0.353 e. The number of hydrogen-bond donors (Lipinski definition) is 2. The van der Waals surface area contributed by atoms with Gasteiger partial charge in [0.25, 0.3) is 5.56 Å².